The van der Waals surface area contributed by atoms with Crippen LogP contribution in [0.25, 0.3) is 10.9 Å². The number of nitrogens with zero attached hydrogens (tertiary/aromatic N) is 1. The maximum Gasteiger partial charge on any atom is 0.244 e. The van der Waals surface area contributed by atoms with Crippen LogP contribution in [0.1, 0.15) is 42.5 Å². The lowest BCUT2D eigenvalue weighted by Gasteiger charge is -2.19. The predicted octanol–water partition coefficient (Wildman–Crippen LogP) is 5.06. The van der Waals surface area contributed by atoms with Crippen LogP contribution in [0.15, 0.2) is 48.7 Å². The number of methoxy groups -OCH3 is 2. The summed E-state index contributed by atoms with van der Waals surface area (Å²) in [5, 5.41) is 3.81. The predicted molar refractivity (Wildman–Crippen MR) is 121 cm³/mol. The molecule has 1 aliphatic rings. The molecule has 1 fully saturated rings. The maximum absolute atomic E-state index is 13.2. The molecule has 2 aromatic carbocycles. The van der Waals surface area contributed by atoms with Crippen molar-refractivity contribution in [2.45, 2.75) is 38.6 Å². The first-order chi connectivity index (χ1) is 15.1. The summed E-state index contributed by atoms with van der Waals surface area (Å²) in [6.45, 7) is 0.0961. The number of aromatic nitrogens is 1. The Morgan fingerprint density at radius 2 is 1.81 bits per heavy atom. The number of rotatable bonds is 7. The molecular weight excluding hydrogens is 392 g/mol. The Morgan fingerprint density at radius 1 is 1.03 bits per heavy atom. The molecule has 3 aromatic rings. The number of hydrogen-bond acceptors (Lipinski definition) is 4. The Balaban J connectivity index is 1.59. The summed E-state index contributed by atoms with van der Waals surface area (Å²) >= 11 is 0. The fourth-order valence-corrected chi connectivity index (χ4v) is 4.41. The Hall–Kier alpha value is -3.28. The lowest BCUT2D eigenvalue weighted by molar-refractivity contribution is -0.116. The number of carbonyl (C=O) groups excluding carboxylic acids is 2. The topological polar surface area (TPSA) is 69.6 Å². The number of para-hydroxylation sites is 1. The van der Waals surface area contributed by atoms with Gasteiger partial charge in [0.1, 0.15) is 18.0 Å². The number of hydrogen-bond donors (Lipinski definition) is 1. The van der Waals surface area contributed by atoms with E-state index in [1.807, 2.05) is 35.0 Å². The summed E-state index contributed by atoms with van der Waals surface area (Å²) in [5.74, 6) is 1.26. The number of anilines is 1. The second-order valence-electron chi connectivity index (χ2n) is 8.00. The molecule has 0 spiro atoms. The number of carbonyl (C=O) groups is 2. The Kier molecular flexibility index (Phi) is 6.26. The van der Waals surface area contributed by atoms with Crippen LogP contribution in [-0.4, -0.2) is 30.5 Å². The van der Waals surface area contributed by atoms with Crippen molar-refractivity contribution in [3.8, 4) is 11.5 Å². The summed E-state index contributed by atoms with van der Waals surface area (Å²) in [7, 11) is 3.13. The van der Waals surface area contributed by atoms with Crippen molar-refractivity contribution in [1.82, 2.24) is 4.57 Å². The monoisotopic (exact) mass is 420 g/mol. The van der Waals surface area contributed by atoms with Crippen LogP contribution in [-0.2, 0) is 11.3 Å². The highest BCUT2D eigenvalue weighted by molar-refractivity contribution is 6.09. The molecule has 1 amide bonds. The molecule has 31 heavy (non-hydrogen) atoms. The fraction of sp³-hybridized carbons (Fsp3) is 0.360. The van der Waals surface area contributed by atoms with Crippen molar-refractivity contribution in [3.05, 3.63) is 54.2 Å². The zero-order valence-corrected chi connectivity index (χ0v) is 18.0. The van der Waals surface area contributed by atoms with Crippen molar-refractivity contribution in [3.63, 3.8) is 0 Å². The minimum absolute atomic E-state index is 0.0860. The minimum atomic E-state index is -0.205. The highest BCUT2D eigenvalue weighted by Gasteiger charge is 2.25. The zero-order valence-electron chi connectivity index (χ0n) is 18.0. The van der Waals surface area contributed by atoms with E-state index < -0.39 is 0 Å². The van der Waals surface area contributed by atoms with Gasteiger partial charge in [-0.2, -0.15) is 0 Å². The number of ketones is 1. The molecule has 1 aliphatic carbocycles. The average Bonchev–Trinajstić information content (AvgIpc) is 3.17. The Bertz CT molecular complexity index is 1100. The van der Waals surface area contributed by atoms with Gasteiger partial charge >= 0.3 is 0 Å². The quantitative estimate of drug-likeness (QED) is 0.543. The van der Waals surface area contributed by atoms with E-state index in [0.29, 0.717) is 22.7 Å². The molecule has 6 nitrogen and oxygen atoms in total. The van der Waals surface area contributed by atoms with Gasteiger partial charge in [-0.25, -0.2) is 0 Å². The van der Waals surface area contributed by atoms with E-state index in [4.69, 9.17) is 9.47 Å². The number of fused-ring (bicyclic) bond motifs is 1. The van der Waals surface area contributed by atoms with Gasteiger partial charge in [-0.05, 0) is 31.0 Å². The van der Waals surface area contributed by atoms with Crippen LogP contribution in [0.4, 0.5) is 5.69 Å². The van der Waals surface area contributed by atoms with E-state index in [0.717, 1.165) is 36.6 Å². The molecule has 0 atom stereocenters. The van der Waals surface area contributed by atoms with Crippen molar-refractivity contribution in [2.75, 3.05) is 19.5 Å². The molecule has 1 aromatic heterocycles. The highest BCUT2D eigenvalue weighted by Crippen LogP contribution is 2.31. The molecule has 0 bridgehead atoms. The first-order valence-electron chi connectivity index (χ1n) is 10.7. The fourth-order valence-electron chi connectivity index (χ4n) is 4.41. The summed E-state index contributed by atoms with van der Waals surface area (Å²) in [5.41, 5.74) is 2.14. The molecule has 1 saturated carbocycles. The third kappa shape index (κ3) is 4.43. The second kappa shape index (κ2) is 9.25. The molecule has 162 valence electrons. The standard InChI is InChI=1S/C25H28N2O4/c1-30-18-12-13-23(31-2)21(14-18)26-24(28)16-27-15-20(19-10-6-7-11-22(19)27)25(29)17-8-4-3-5-9-17/h6-7,10-15,17H,3-5,8-9,16H2,1-2H3,(H,26,28). The van der Waals surface area contributed by atoms with Crippen LogP contribution in [0, 0.1) is 5.92 Å². The molecule has 6 heteroatoms. The molecular formula is C25H28N2O4. The van der Waals surface area contributed by atoms with Crippen LogP contribution < -0.4 is 14.8 Å². The normalized spacial score (nSPS) is 14.4. The van der Waals surface area contributed by atoms with E-state index in [1.54, 1.807) is 32.4 Å². The summed E-state index contributed by atoms with van der Waals surface area (Å²) in [4.78, 5) is 26.1. The van der Waals surface area contributed by atoms with Crippen LogP contribution in [0.3, 0.4) is 0 Å². The van der Waals surface area contributed by atoms with E-state index in [-0.39, 0.29) is 24.2 Å². The zero-order chi connectivity index (χ0) is 21.8. The van der Waals surface area contributed by atoms with Crippen molar-refractivity contribution < 1.29 is 19.1 Å². The highest BCUT2D eigenvalue weighted by atomic mass is 16.5. The number of Topliss-reactive ketones (excluding diaryl/α,β-unsaturated/α-hetero) is 1. The number of amides is 1. The van der Waals surface area contributed by atoms with E-state index in [9.17, 15) is 9.59 Å². The minimum Gasteiger partial charge on any atom is -0.497 e. The number of ether oxygens (including phenoxy) is 2. The van der Waals surface area contributed by atoms with Crippen molar-refractivity contribution >= 4 is 28.3 Å². The van der Waals surface area contributed by atoms with Gasteiger partial charge in [0.05, 0.1) is 19.9 Å². The van der Waals surface area contributed by atoms with Crippen LogP contribution in [0.2, 0.25) is 0 Å². The Morgan fingerprint density at radius 3 is 2.55 bits per heavy atom. The lowest BCUT2D eigenvalue weighted by atomic mass is 9.84. The average molecular weight is 421 g/mol. The lowest BCUT2D eigenvalue weighted by Crippen LogP contribution is -2.19. The first kappa shape index (κ1) is 21.0. The molecule has 0 saturated heterocycles. The number of benzene rings is 2. The summed E-state index contributed by atoms with van der Waals surface area (Å²) in [6.07, 6.45) is 7.17. The van der Waals surface area contributed by atoms with Gasteiger partial charge in [-0.15, -0.1) is 0 Å². The van der Waals surface area contributed by atoms with Gasteiger partial charge in [-0.3, -0.25) is 9.59 Å². The molecule has 0 radical (unpaired) electrons. The van der Waals surface area contributed by atoms with Crippen LogP contribution in [0.5, 0.6) is 11.5 Å². The molecule has 0 aliphatic heterocycles. The van der Waals surface area contributed by atoms with E-state index in [2.05, 4.69) is 5.32 Å². The molecule has 0 unspecified atom stereocenters. The van der Waals surface area contributed by atoms with Gasteiger partial charge in [0.15, 0.2) is 5.78 Å². The first-order valence-corrected chi connectivity index (χ1v) is 10.7. The van der Waals surface area contributed by atoms with Gasteiger partial charge < -0.3 is 19.4 Å². The summed E-state index contributed by atoms with van der Waals surface area (Å²) < 4.78 is 12.5. The Labute approximate surface area is 182 Å². The van der Waals surface area contributed by atoms with Gasteiger partial charge in [-0.1, -0.05) is 37.5 Å². The molecule has 4 rings (SSSR count). The van der Waals surface area contributed by atoms with E-state index in [1.165, 1.54) is 6.42 Å². The molecule has 1 N–H and O–H groups in total. The van der Waals surface area contributed by atoms with Crippen LogP contribution >= 0.6 is 0 Å². The SMILES string of the molecule is COc1ccc(OC)c(NC(=O)Cn2cc(C(=O)C3CCCCC3)c3ccccc32)c1. The maximum atomic E-state index is 13.2. The third-order valence-corrected chi connectivity index (χ3v) is 6.02. The van der Waals surface area contributed by atoms with Gasteiger partial charge in [0.25, 0.3) is 0 Å². The smallest absolute Gasteiger partial charge is 0.244 e. The summed E-state index contributed by atoms with van der Waals surface area (Å²) in [6, 6.07) is 13.0. The molecule has 1 heterocycles. The second-order valence-corrected chi connectivity index (χ2v) is 8.00. The van der Waals surface area contributed by atoms with Crippen molar-refractivity contribution in [1.29, 1.82) is 0 Å². The largest absolute Gasteiger partial charge is 0.497 e. The van der Waals surface area contributed by atoms with Gasteiger partial charge in [0, 0.05) is 34.6 Å². The van der Waals surface area contributed by atoms with E-state index >= 15 is 0 Å². The van der Waals surface area contributed by atoms with Crippen molar-refractivity contribution in [2.24, 2.45) is 5.92 Å². The third-order valence-electron chi connectivity index (χ3n) is 6.02. The number of nitrogens with one attached hydrogen (secondary N) is 1. The van der Waals surface area contributed by atoms with Gasteiger partial charge in [0.2, 0.25) is 5.91 Å².